The maximum absolute atomic E-state index is 5.42. The molecular formula is C17H23N3O3. The molecule has 124 valence electrons. The van der Waals surface area contributed by atoms with Crippen molar-refractivity contribution in [1.29, 1.82) is 0 Å². The summed E-state index contributed by atoms with van der Waals surface area (Å²) in [7, 11) is 3.24. The molecule has 0 radical (unpaired) electrons. The fourth-order valence-corrected chi connectivity index (χ4v) is 2.82. The summed E-state index contributed by atoms with van der Waals surface area (Å²) in [5.74, 6) is 3.41. The van der Waals surface area contributed by atoms with E-state index in [4.69, 9.17) is 14.0 Å². The van der Waals surface area contributed by atoms with Gasteiger partial charge in [-0.3, -0.25) is 4.90 Å². The van der Waals surface area contributed by atoms with Crippen molar-refractivity contribution in [2.75, 3.05) is 27.3 Å². The number of piperidine rings is 1. The standard InChI is InChI=1S/C17H23N3O3/c1-12-6-8-20(9-7-12)11-16-18-17(19-23-16)14-5-4-13(21-2)10-15(14)22-3/h4-5,10,12H,6-9,11H2,1-3H3. The van der Waals surface area contributed by atoms with Crippen LogP contribution in [-0.4, -0.2) is 42.3 Å². The minimum Gasteiger partial charge on any atom is -0.497 e. The smallest absolute Gasteiger partial charge is 0.241 e. The number of methoxy groups -OCH3 is 2. The van der Waals surface area contributed by atoms with Gasteiger partial charge in [0.15, 0.2) is 0 Å². The molecule has 1 aliphatic rings. The Labute approximate surface area is 136 Å². The first-order valence-corrected chi connectivity index (χ1v) is 7.97. The van der Waals surface area contributed by atoms with Gasteiger partial charge in [0.1, 0.15) is 11.5 Å². The second-order valence-corrected chi connectivity index (χ2v) is 6.04. The van der Waals surface area contributed by atoms with E-state index in [1.165, 1.54) is 12.8 Å². The highest BCUT2D eigenvalue weighted by atomic mass is 16.5. The minimum absolute atomic E-state index is 0.546. The van der Waals surface area contributed by atoms with Gasteiger partial charge >= 0.3 is 0 Å². The number of ether oxygens (including phenoxy) is 2. The van der Waals surface area contributed by atoms with Crippen LogP contribution in [-0.2, 0) is 6.54 Å². The van der Waals surface area contributed by atoms with Gasteiger partial charge in [-0.05, 0) is 44.0 Å². The molecule has 1 saturated heterocycles. The molecule has 1 aliphatic heterocycles. The van der Waals surface area contributed by atoms with Gasteiger partial charge in [-0.2, -0.15) is 4.98 Å². The van der Waals surface area contributed by atoms with E-state index in [1.54, 1.807) is 14.2 Å². The highest BCUT2D eigenvalue weighted by Gasteiger charge is 2.19. The molecule has 0 amide bonds. The minimum atomic E-state index is 0.546. The fraction of sp³-hybridized carbons (Fsp3) is 0.529. The van der Waals surface area contributed by atoms with E-state index in [9.17, 15) is 0 Å². The molecule has 6 nitrogen and oxygen atoms in total. The lowest BCUT2D eigenvalue weighted by atomic mass is 9.99. The van der Waals surface area contributed by atoms with Crippen molar-refractivity contribution in [1.82, 2.24) is 15.0 Å². The third-order valence-corrected chi connectivity index (χ3v) is 4.35. The molecule has 1 aromatic heterocycles. The van der Waals surface area contributed by atoms with Crippen molar-refractivity contribution in [2.45, 2.75) is 26.3 Å². The number of rotatable bonds is 5. The molecule has 0 saturated carbocycles. The van der Waals surface area contributed by atoms with Gasteiger partial charge in [-0.15, -0.1) is 0 Å². The maximum atomic E-state index is 5.42. The number of aromatic nitrogens is 2. The van der Waals surface area contributed by atoms with Gasteiger partial charge in [0.2, 0.25) is 11.7 Å². The van der Waals surface area contributed by atoms with Crippen LogP contribution >= 0.6 is 0 Å². The molecular weight excluding hydrogens is 294 g/mol. The number of hydrogen-bond donors (Lipinski definition) is 0. The molecule has 6 heteroatoms. The van der Waals surface area contributed by atoms with Crippen molar-refractivity contribution in [3.8, 4) is 22.9 Å². The summed E-state index contributed by atoms with van der Waals surface area (Å²) in [6.07, 6.45) is 2.46. The Balaban J connectivity index is 1.74. The van der Waals surface area contributed by atoms with E-state index in [2.05, 4.69) is 22.0 Å². The normalized spacial score (nSPS) is 16.5. The van der Waals surface area contributed by atoms with Crippen molar-refractivity contribution < 1.29 is 14.0 Å². The van der Waals surface area contributed by atoms with Gasteiger partial charge < -0.3 is 14.0 Å². The predicted octanol–water partition coefficient (Wildman–Crippen LogP) is 2.99. The third-order valence-electron chi connectivity index (χ3n) is 4.35. The zero-order valence-corrected chi connectivity index (χ0v) is 13.9. The first-order chi connectivity index (χ1) is 11.2. The molecule has 1 fully saturated rings. The largest absolute Gasteiger partial charge is 0.497 e. The Morgan fingerprint density at radius 2 is 2.00 bits per heavy atom. The third kappa shape index (κ3) is 3.64. The van der Waals surface area contributed by atoms with Gasteiger partial charge in [0.25, 0.3) is 0 Å². The average molecular weight is 317 g/mol. The second kappa shape index (κ2) is 7.00. The van der Waals surface area contributed by atoms with Crippen LogP contribution in [0.3, 0.4) is 0 Å². The molecule has 1 aromatic carbocycles. The molecule has 23 heavy (non-hydrogen) atoms. The topological polar surface area (TPSA) is 60.6 Å². The first kappa shape index (κ1) is 15.8. The number of benzene rings is 1. The average Bonchev–Trinajstić information content (AvgIpc) is 3.04. The van der Waals surface area contributed by atoms with E-state index in [-0.39, 0.29) is 0 Å². The molecule has 0 spiro atoms. The Kier molecular flexibility index (Phi) is 4.81. The second-order valence-electron chi connectivity index (χ2n) is 6.04. The van der Waals surface area contributed by atoms with E-state index in [1.807, 2.05) is 18.2 Å². The van der Waals surface area contributed by atoms with Crippen LogP contribution in [0.1, 0.15) is 25.7 Å². The Bertz CT molecular complexity index is 648. The van der Waals surface area contributed by atoms with Crippen LogP contribution in [0.15, 0.2) is 22.7 Å². The monoisotopic (exact) mass is 317 g/mol. The zero-order valence-electron chi connectivity index (χ0n) is 13.9. The molecule has 2 heterocycles. The summed E-state index contributed by atoms with van der Waals surface area (Å²) in [5.41, 5.74) is 0.801. The summed E-state index contributed by atoms with van der Waals surface area (Å²) < 4.78 is 16.0. The number of nitrogens with zero attached hydrogens (tertiary/aromatic N) is 3. The summed E-state index contributed by atoms with van der Waals surface area (Å²) in [6.45, 7) is 5.19. The van der Waals surface area contributed by atoms with Crippen LogP contribution in [0.25, 0.3) is 11.4 Å². The summed E-state index contributed by atoms with van der Waals surface area (Å²) in [6, 6.07) is 5.56. The molecule has 2 aromatic rings. The molecule has 3 rings (SSSR count). The molecule has 0 aliphatic carbocycles. The Morgan fingerprint density at radius 3 is 2.70 bits per heavy atom. The summed E-state index contributed by atoms with van der Waals surface area (Å²) in [4.78, 5) is 6.88. The van der Waals surface area contributed by atoms with Crippen molar-refractivity contribution >= 4 is 0 Å². The SMILES string of the molecule is COc1ccc(-c2noc(CN3CCC(C)CC3)n2)c(OC)c1. The molecule has 0 unspecified atom stereocenters. The van der Waals surface area contributed by atoms with Gasteiger partial charge in [-0.1, -0.05) is 12.1 Å². The van der Waals surface area contributed by atoms with Crippen LogP contribution in [0.4, 0.5) is 0 Å². The Hall–Kier alpha value is -2.08. The molecule has 0 atom stereocenters. The summed E-state index contributed by atoms with van der Waals surface area (Å²) in [5, 5.41) is 4.10. The van der Waals surface area contributed by atoms with Crippen LogP contribution in [0.5, 0.6) is 11.5 Å². The summed E-state index contributed by atoms with van der Waals surface area (Å²) >= 11 is 0. The van der Waals surface area contributed by atoms with E-state index < -0.39 is 0 Å². The van der Waals surface area contributed by atoms with Crippen molar-refractivity contribution in [2.24, 2.45) is 5.92 Å². The molecule has 0 bridgehead atoms. The van der Waals surface area contributed by atoms with Crippen molar-refractivity contribution in [3.63, 3.8) is 0 Å². The van der Waals surface area contributed by atoms with Crippen LogP contribution < -0.4 is 9.47 Å². The highest BCUT2D eigenvalue weighted by molar-refractivity contribution is 5.65. The van der Waals surface area contributed by atoms with E-state index in [0.29, 0.717) is 24.0 Å². The first-order valence-electron chi connectivity index (χ1n) is 7.97. The quantitative estimate of drug-likeness (QED) is 0.845. The number of hydrogen-bond acceptors (Lipinski definition) is 6. The predicted molar refractivity (Wildman–Crippen MR) is 86.5 cm³/mol. The lowest BCUT2D eigenvalue weighted by molar-refractivity contribution is 0.165. The molecule has 0 N–H and O–H groups in total. The number of likely N-dealkylation sites (tertiary alicyclic amines) is 1. The van der Waals surface area contributed by atoms with Crippen LogP contribution in [0, 0.1) is 5.92 Å². The lowest BCUT2D eigenvalue weighted by Crippen LogP contribution is -2.32. The van der Waals surface area contributed by atoms with Gasteiger partial charge in [0, 0.05) is 6.07 Å². The maximum Gasteiger partial charge on any atom is 0.241 e. The Morgan fingerprint density at radius 1 is 1.22 bits per heavy atom. The van der Waals surface area contributed by atoms with E-state index in [0.717, 1.165) is 30.3 Å². The fourth-order valence-electron chi connectivity index (χ4n) is 2.82. The van der Waals surface area contributed by atoms with Crippen LogP contribution in [0.2, 0.25) is 0 Å². The van der Waals surface area contributed by atoms with Gasteiger partial charge in [0.05, 0.1) is 26.3 Å². The van der Waals surface area contributed by atoms with Gasteiger partial charge in [-0.25, -0.2) is 0 Å². The highest BCUT2D eigenvalue weighted by Crippen LogP contribution is 2.31. The van der Waals surface area contributed by atoms with E-state index >= 15 is 0 Å². The lowest BCUT2D eigenvalue weighted by Gasteiger charge is -2.28. The zero-order chi connectivity index (χ0) is 16.2. The van der Waals surface area contributed by atoms with Crippen molar-refractivity contribution in [3.05, 3.63) is 24.1 Å².